The molecule has 1 aliphatic heterocycles. The first-order valence-corrected chi connectivity index (χ1v) is 10.4. The van der Waals surface area contributed by atoms with Crippen LogP contribution in [0.25, 0.3) is 10.9 Å². The van der Waals surface area contributed by atoms with Crippen molar-refractivity contribution in [3.8, 4) is 0 Å². The summed E-state index contributed by atoms with van der Waals surface area (Å²) in [4.78, 5) is 31.6. The minimum absolute atomic E-state index is 0.0640. The molecule has 1 N–H and O–H groups in total. The standard InChI is InChI=1S/C23H22ClN3O3/c1-2-30-23(29)15-6-5-7-17(12-15)26-21-18-13-16(24)8-9-20(18)25-14-19(21)22(28)27-10-3-4-11-27/h5-9,12-14H,2-4,10-11H2,1H3,(H,25,26). The van der Waals surface area contributed by atoms with Crippen molar-refractivity contribution in [3.63, 3.8) is 0 Å². The number of aromatic nitrogens is 1. The van der Waals surface area contributed by atoms with E-state index >= 15 is 0 Å². The molecule has 154 valence electrons. The topological polar surface area (TPSA) is 71.5 Å². The second-order valence-corrected chi connectivity index (χ2v) is 7.57. The number of nitrogens with zero attached hydrogens (tertiary/aromatic N) is 2. The number of esters is 1. The van der Waals surface area contributed by atoms with Crippen LogP contribution in [0.1, 0.15) is 40.5 Å². The normalized spacial score (nSPS) is 13.5. The molecule has 1 aliphatic rings. The van der Waals surface area contributed by atoms with Gasteiger partial charge in [0.15, 0.2) is 0 Å². The minimum Gasteiger partial charge on any atom is -0.462 e. The minimum atomic E-state index is -0.392. The number of fused-ring (bicyclic) bond motifs is 1. The fraction of sp³-hybridized carbons (Fsp3) is 0.261. The van der Waals surface area contributed by atoms with Gasteiger partial charge in [-0.15, -0.1) is 0 Å². The molecule has 7 heteroatoms. The summed E-state index contributed by atoms with van der Waals surface area (Å²) in [7, 11) is 0. The summed E-state index contributed by atoms with van der Waals surface area (Å²) in [5.41, 5.74) is 2.93. The lowest BCUT2D eigenvalue weighted by Gasteiger charge is -2.20. The maximum atomic E-state index is 13.2. The molecule has 4 rings (SSSR count). The van der Waals surface area contributed by atoms with E-state index in [2.05, 4.69) is 10.3 Å². The van der Waals surface area contributed by atoms with Gasteiger partial charge in [0.2, 0.25) is 0 Å². The van der Waals surface area contributed by atoms with Crippen LogP contribution in [-0.4, -0.2) is 41.5 Å². The highest BCUT2D eigenvalue weighted by Gasteiger charge is 2.24. The van der Waals surface area contributed by atoms with Gasteiger partial charge < -0.3 is 15.0 Å². The van der Waals surface area contributed by atoms with Crippen LogP contribution < -0.4 is 5.32 Å². The second-order valence-electron chi connectivity index (χ2n) is 7.13. The monoisotopic (exact) mass is 423 g/mol. The number of likely N-dealkylation sites (tertiary alicyclic amines) is 1. The lowest BCUT2D eigenvalue weighted by atomic mass is 10.1. The van der Waals surface area contributed by atoms with E-state index < -0.39 is 5.97 Å². The van der Waals surface area contributed by atoms with E-state index in [4.69, 9.17) is 16.3 Å². The zero-order chi connectivity index (χ0) is 21.1. The Hall–Kier alpha value is -3.12. The third-order valence-corrected chi connectivity index (χ3v) is 5.33. The van der Waals surface area contributed by atoms with Gasteiger partial charge in [-0.3, -0.25) is 9.78 Å². The number of ether oxygens (including phenoxy) is 1. The molecular formula is C23H22ClN3O3. The molecule has 6 nitrogen and oxygen atoms in total. The molecule has 0 radical (unpaired) electrons. The second kappa shape index (κ2) is 8.71. The van der Waals surface area contributed by atoms with Crippen molar-refractivity contribution in [1.82, 2.24) is 9.88 Å². The Kier molecular flexibility index (Phi) is 5.86. The number of amides is 1. The number of benzene rings is 2. The van der Waals surface area contributed by atoms with Gasteiger partial charge in [0.05, 0.1) is 28.9 Å². The maximum absolute atomic E-state index is 13.2. The summed E-state index contributed by atoms with van der Waals surface area (Å²) >= 11 is 6.24. The third-order valence-electron chi connectivity index (χ3n) is 5.10. The number of anilines is 2. The summed E-state index contributed by atoms with van der Waals surface area (Å²) in [5.74, 6) is -0.455. The van der Waals surface area contributed by atoms with Crippen LogP contribution in [0, 0.1) is 0 Å². The molecule has 2 heterocycles. The fourth-order valence-electron chi connectivity index (χ4n) is 3.63. The summed E-state index contributed by atoms with van der Waals surface area (Å²) in [6.07, 6.45) is 3.61. The first-order chi connectivity index (χ1) is 14.6. The number of carbonyl (C=O) groups is 2. The van der Waals surface area contributed by atoms with Crippen LogP contribution in [0.5, 0.6) is 0 Å². The Bertz CT molecular complexity index is 1110. The molecule has 0 saturated carbocycles. The van der Waals surface area contributed by atoms with E-state index in [1.165, 1.54) is 0 Å². The summed E-state index contributed by atoms with van der Waals surface area (Å²) in [5, 5.41) is 4.63. The number of halogens is 1. The molecular weight excluding hydrogens is 402 g/mol. The number of nitrogens with one attached hydrogen (secondary N) is 1. The smallest absolute Gasteiger partial charge is 0.338 e. The van der Waals surface area contributed by atoms with E-state index in [-0.39, 0.29) is 5.91 Å². The van der Waals surface area contributed by atoms with Crippen molar-refractivity contribution in [1.29, 1.82) is 0 Å². The highest BCUT2D eigenvalue weighted by atomic mass is 35.5. The molecule has 3 aromatic rings. The lowest BCUT2D eigenvalue weighted by Crippen LogP contribution is -2.28. The molecule has 1 fully saturated rings. The third kappa shape index (κ3) is 4.09. The van der Waals surface area contributed by atoms with Gasteiger partial charge in [-0.05, 0) is 56.2 Å². The SMILES string of the molecule is CCOC(=O)c1cccc(Nc2c(C(=O)N3CCCC3)cnc3ccc(Cl)cc23)c1. The average molecular weight is 424 g/mol. The number of pyridine rings is 1. The summed E-state index contributed by atoms with van der Waals surface area (Å²) < 4.78 is 5.09. The molecule has 1 saturated heterocycles. The van der Waals surface area contributed by atoms with Gasteiger partial charge in [0, 0.05) is 35.4 Å². The van der Waals surface area contributed by atoms with E-state index in [1.54, 1.807) is 43.5 Å². The van der Waals surface area contributed by atoms with Crippen molar-refractivity contribution in [2.45, 2.75) is 19.8 Å². The van der Waals surface area contributed by atoms with Gasteiger partial charge in [-0.25, -0.2) is 4.79 Å². The fourth-order valence-corrected chi connectivity index (χ4v) is 3.81. The van der Waals surface area contributed by atoms with Gasteiger partial charge in [-0.1, -0.05) is 17.7 Å². The van der Waals surface area contributed by atoms with Gasteiger partial charge in [-0.2, -0.15) is 0 Å². The van der Waals surface area contributed by atoms with Crippen LogP contribution >= 0.6 is 11.6 Å². The van der Waals surface area contributed by atoms with Gasteiger partial charge in [0.25, 0.3) is 5.91 Å². The van der Waals surface area contributed by atoms with Crippen molar-refractivity contribution >= 4 is 45.8 Å². The molecule has 0 atom stereocenters. The van der Waals surface area contributed by atoms with Crippen molar-refractivity contribution < 1.29 is 14.3 Å². The largest absolute Gasteiger partial charge is 0.462 e. The van der Waals surface area contributed by atoms with Crippen molar-refractivity contribution in [2.24, 2.45) is 0 Å². The molecule has 0 bridgehead atoms. The Morgan fingerprint density at radius 3 is 2.73 bits per heavy atom. The van der Waals surface area contributed by atoms with Gasteiger partial charge >= 0.3 is 5.97 Å². The predicted molar refractivity (Wildman–Crippen MR) is 118 cm³/mol. The Morgan fingerprint density at radius 2 is 1.97 bits per heavy atom. The molecule has 0 spiro atoms. The molecule has 0 unspecified atom stereocenters. The van der Waals surface area contributed by atoms with Crippen molar-refractivity contribution in [3.05, 3.63) is 64.8 Å². The van der Waals surface area contributed by atoms with Crippen molar-refractivity contribution in [2.75, 3.05) is 25.0 Å². The summed E-state index contributed by atoms with van der Waals surface area (Å²) in [6, 6.07) is 12.4. The van der Waals surface area contributed by atoms with E-state index in [0.29, 0.717) is 34.1 Å². The first kappa shape index (κ1) is 20.2. The number of hydrogen-bond acceptors (Lipinski definition) is 5. The zero-order valence-corrected chi connectivity index (χ0v) is 17.4. The van der Waals surface area contributed by atoms with Crippen LogP contribution in [0.3, 0.4) is 0 Å². The number of rotatable bonds is 5. The van der Waals surface area contributed by atoms with Crippen LogP contribution in [0.4, 0.5) is 11.4 Å². The van der Waals surface area contributed by atoms with E-state index in [1.807, 2.05) is 17.0 Å². The quantitative estimate of drug-likeness (QED) is 0.582. The van der Waals surface area contributed by atoms with Crippen LogP contribution in [0.15, 0.2) is 48.7 Å². The average Bonchev–Trinajstić information content (AvgIpc) is 3.29. The molecule has 30 heavy (non-hydrogen) atoms. The Morgan fingerprint density at radius 1 is 1.17 bits per heavy atom. The predicted octanol–water partition coefficient (Wildman–Crippen LogP) is 5.04. The van der Waals surface area contributed by atoms with Crippen LogP contribution in [-0.2, 0) is 4.74 Å². The Labute approximate surface area is 179 Å². The first-order valence-electron chi connectivity index (χ1n) is 9.98. The number of carbonyl (C=O) groups excluding carboxylic acids is 2. The summed E-state index contributed by atoms with van der Waals surface area (Å²) in [6.45, 7) is 3.55. The maximum Gasteiger partial charge on any atom is 0.338 e. The molecule has 0 aliphatic carbocycles. The van der Waals surface area contributed by atoms with E-state index in [0.717, 1.165) is 36.8 Å². The highest BCUT2D eigenvalue weighted by Crippen LogP contribution is 2.32. The number of hydrogen-bond donors (Lipinski definition) is 1. The highest BCUT2D eigenvalue weighted by molar-refractivity contribution is 6.31. The molecule has 2 aromatic carbocycles. The lowest BCUT2D eigenvalue weighted by molar-refractivity contribution is 0.0526. The Balaban J connectivity index is 1.79. The molecule has 1 amide bonds. The van der Waals surface area contributed by atoms with E-state index in [9.17, 15) is 9.59 Å². The van der Waals surface area contributed by atoms with Gasteiger partial charge in [0.1, 0.15) is 0 Å². The zero-order valence-electron chi connectivity index (χ0n) is 16.7. The van der Waals surface area contributed by atoms with Crippen LogP contribution in [0.2, 0.25) is 5.02 Å². The molecule has 1 aromatic heterocycles.